The zero-order chi connectivity index (χ0) is 17.9. The van der Waals surface area contributed by atoms with Gasteiger partial charge in [0.05, 0.1) is 0 Å². The number of halogens is 2. The lowest BCUT2D eigenvalue weighted by atomic mass is 10.3. The summed E-state index contributed by atoms with van der Waals surface area (Å²) < 4.78 is 32.1. The van der Waals surface area contributed by atoms with E-state index in [0.29, 0.717) is 5.69 Å². The van der Waals surface area contributed by atoms with Crippen LogP contribution in [0.2, 0.25) is 0 Å². The number of esters is 1. The Morgan fingerprint density at radius 2 is 2.04 bits per heavy atom. The third kappa shape index (κ3) is 4.25. The third-order valence-corrected chi connectivity index (χ3v) is 4.01. The van der Waals surface area contributed by atoms with Gasteiger partial charge in [0.2, 0.25) is 0 Å². The van der Waals surface area contributed by atoms with E-state index in [4.69, 9.17) is 4.74 Å². The summed E-state index contributed by atoms with van der Waals surface area (Å²) in [6.07, 6.45) is -1.17. The average molecular weight is 356 g/mol. The number of aromatic nitrogens is 1. The summed E-state index contributed by atoms with van der Waals surface area (Å²) in [7, 11) is 0. The summed E-state index contributed by atoms with van der Waals surface area (Å²) in [5.41, 5.74) is 0.646. The molecule has 1 amide bonds. The highest BCUT2D eigenvalue weighted by Crippen LogP contribution is 2.13. The number of thiazole rings is 1. The molecule has 1 N–H and O–H groups in total. The first-order valence-electron chi connectivity index (χ1n) is 6.88. The Kier molecular flexibility index (Phi) is 5.45. The molecule has 0 bridgehead atoms. The van der Waals surface area contributed by atoms with Gasteiger partial charge in [-0.1, -0.05) is 11.3 Å². The maximum absolute atomic E-state index is 13.1. The molecule has 0 spiro atoms. The molecular formula is C15H14F2N2O4S. The summed E-state index contributed by atoms with van der Waals surface area (Å²) in [6.45, 7) is 2.69. The first-order valence-corrected chi connectivity index (χ1v) is 7.76. The van der Waals surface area contributed by atoms with Gasteiger partial charge in [0.15, 0.2) is 17.7 Å². The summed E-state index contributed by atoms with van der Waals surface area (Å²) in [6, 6.07) is 2.86. The second kappa shape index (κ2) is 7.35. The second-order valence-corrected chi connectivity index (χ2v) is 5.80. The molecule has 24 heavy (non-hydrogen) atoms. The third-order valence-electron chi connectivity index (χ3n) is 3.13. The number of carbonyl (C=O) groups excluding carboxylic acids is 2. The first-order chi connectivity index (χ1) is 11.3. The van der Waals surface area contributed by atoms with Gasteiger partial charge in [0, 0.05) is 22.8 Å². The van der Waals surface area contributed by atoms with Crippen LogP contribution in [0.5, 0.6) is 0 Å². The maximum Gasteiger partial charge on any atom is 0.326 e. The van der Waals surface area contributed by atoms with Crippen molar-refractivity contribution < 1.29 is 23.1 Å². The minimum absolute atomic E-state index is 0.0340. The highest BCUT2D eigenvalue weighted by molar-refractivity contribution is 7.07. The fraction of sp³-hybridized carbons (Fsp3) is 0.267. The molecule has 2 rings (SSSR count). The number of nitrogens with zero attached hydrogens (tertiary/aromatic N) is 1. The molecule has 0 aliphatic carbocycles. The van der Waals surface area contributed by atoms with Crippen LogP contribution in [-0.4, -0.2) is 22.5 Å². The van der Waals surface area contributed by atoms with Crippen molar-refractivity contribution in [1.82, 2.24) is 4.57 Å². The van der Waals surface area contributed by atoms with Crippen LogP contribution in [0.1, 0.15) is 12.6 Å². The molecule has 6 nitrogen and oxygen atoms in total. The lowest BCUT2D eigenvalue weighted by Crippen LogP contribution is -2.32. The van der Waals surface area contributed by atoms with Crippen LogP contribution in [0, 0.1) is 18.6 Å². The molecule has 0 saturated heterocycles. The van der Waals surface area contributed by atoms with E-state index in [9.17, 15) is 23.2 Å². The van der Waals surface area contributed by atoms with Crippen LogP contribution in [-0.2, 0) is 20.9 Å². The monoisotopic (exact) mass is 356 g/mol. The molecule has 1 aromatic carbocycles. The topological polar surface area (TPSA) is 77.4 Å². The number of ether oxygens (including phenoxy) is 1. The van der Waals surface area contributed by atoms with E-state index in [1.54, 1.807) is 12.3 Å². The Morgan fingerprint density at radius 1 is 1.33 bits per heavy atom. The summed E-state index contributed by atoms with van der Waals surface area (Å²) >= 11 is 0.957. The summed E-state index contributed by atoms with van der Waals surface area (Å²) in [5.74, 6) is -3.61. The van der Waals surface area contributed by atoms with E-state index in [2.05, 4.69) is 5.32 Å². The number of anilines is 1. The molecule has 128 valence electrons. The minimum Gasteiger partial charge on any atom is -0.451 e. The lowest BCUT2D eigenvalue weighted by molar-refractivity contribution is -0.153. The molecule has 1 heterocycles. The molecule has 2 aromatic rings. The van der Waals surface area contributed by atoms with Crippen LogP contribution in [0.15, 0.2) is 28.4 Å². The average Bonchev–Trinajstić information content (AvgIpc) is 2.82. The predicted octanol–water partition coefficient (Wildman–Crippen LogP) is 2.07. The molecule has 1 atom stereocenters. The van der Waals surface area contributed by atoms with E-state index in [1.807, 2.05) is 0 Å². The maximum atomic E-state index is 13.1. The number of benzene rings is 1. The van der Waals surface area contributed by atoms with Crippen LogP contribution in [0.25, 0.3) is 0 Å². The molecule has 1 aromatic heterocycles. The van der Waals surface area contributed by atoms with E-state index >= 15 is 0 Å². The largest absolute Gasteiger partial charge is 0.451 e. The number of rotatable bonds is 5. The van der Waals surface area contributed by atoms with Gasteiger partial charge in [-0.25, -0.2) is 8.78 Å². The lowest BCUT2D eigenvalue weighted by Gasteiger charge is -2.14. The molecule has 0 radical (unpaired) electrons. The van der Waals surface area contributed by atoms with Gasteiger partial charge >= 0.3 is 10.8 Å². The number of carbonyl (C=O) groups is 2. The van der Waals surface area contributed by atoms with Crippen molar-refractivity contribution in [2.24, 2.45) is 0 Å². The number of nitrogens with one attached hydrogen (secondary N) is 1. The Labute approximate surface area is 139 Å². The van der Waals surface area contributed by atoms with Crippen LogP contribution in [0.4, 0.5) is 14.5 Å². The van der Waals surface area contributed by atoms with Gasteiger partial charge in [-0.3, -0.25) is 19.0 Å². The standard InChI is InChI=1S/C15H14F2N2O4S/c1-8-7-24-15(22)19(8)6-13(20)23-9(2)14(21)18-10-3-4-11(16)12(17)5-10/h3-5,7,9H,6H2,1-2H3,(H,18,21)/t9-/m0/s1. The van der Waals surface area contributed by atoms with Crippen molar-refractivity contribution in [3.05, 3.63) is 50.6 Å². The number of aryl methyl sites for hydroxylation is 1. The van der Waals surface area contributed by atoms with E-state index in [-0.39, 0.29) is 17.1 Å². The molecule has 0 saturated carbocycles. The number of hydrogen-bond donors (Lipinski definition) is 1. The van der Waals surface area contributed by atoms with E-state index < -0.39 is 29.6 Å². The predicted molar refractivity (Wildman–Crippen MR) is 83.9 cm³/mol. The minimum atomic E-state index is -1.17. The van der Waals surface area contributed by atoms with Gasteiger partial charge in [-0.05, 0) is 26.0 Å². The molecule has 0 unspecified atom stereocenters. The van der Waals surface area contributed by atoms with Gasteiger partial charge in [0.25, 0.3) is 5.91 Å². The normalized spacial score (nSPS) is 11.8. The quantitative estimate of drug-likeness (QED) is 0.832. The SMILES string of the molecule is Cc1csc(=O)n1CC(=O)O[C@@H](C)C(=O)Nc1ccc(F)c(F)c1. The molecule has 9 heteroatoms. The number of hydrogen-bond acceptors (Lipinski definition) is 5. The van der Waals surface area contributed by atoms with Crippen molar-refractivity contribution in [2.45, 2.75) is 26.5 Å². The molecular weight excluding hydrogens is 342 g/mol. The van der Waals surface area contributed by atoms with Gasteiger partial charge in [0.1, 0.15) is 6.54 Å². The van der Waals surface area contributed by atoms with Crippen molar-refractivity contribution in [2.75, 3.05) is 5.32 Å². The zero-order valence-corrected chi connectivity index (χ0v) is 13.7. The molecule has 0 aliphatic rings. The van der Waals surface area contributed by atoms with Crippen molar-refractivity contribution >= 4 is 28.9 Å². The van der Waals surface area contributed by atoms with E-state index in [0.717, 1.165) is 23.5 Å². The smallest absolute Gasteiger partial charge is 0.326 e. The second-order valence-electron chi connectivity index (χ2n) is 4.98. The van der Waals surface area contributed by atoms with Crippen LogP contribution in [0.3, 0.4) is 0 Å². The van der Waals surface area contributed by atoms with Crippen LogP contribution < -0.4 is 10.2 Å². The Balaban J connectivity index is 1.94. The summed E-state index contributed by atoms with van der Waals surface area (Å²) in [5, 5.41) is 3.91. The van der Waals surface area contributed by atoms with Crippen LogP contribution >= 0.6 is 11.3 Å². The Bertz CT molecular complexity index is 831. The fourth-order valence-electron chi connectivity index (χ4n) is 1.83. The number of amides is 1. The van der Waals surface area contributed by atoms with Crippen molar-refractivity contribution in [3.8, 4) is 0 Å². The van der Waals surface area contributed by atoms with Gasteiger partial charge < -0.3 is 10.1 Å². The highest BCUT2D eigenvalue weighted by Gasteiger charge is 2.19. The van der Waals surface area contributed by atoms with E-state index in [1.165, 1.54) is 17.6 Å². The van der Waals surface area contributed by atoms with Gasteiger partial charge in [-0.2, -0.15) is 0 Å². The van der Waals surface area contributed by atoms with Crippen molar-refractivity contribution in [3.63, 3.8) is 0 Å². The zero-order valence-electron chi connectivity index (χ0n) is 12.8. The molecule has 0 aliphatic heterocycles. The van der Waals surface area contributed by atoms with Crippen molar-refractivity contribution in [1.29, 1.82) is 0 Å². The van der Waals surface area contributed by atoms with Gasteiger partial charge in [-0.15, -0.1) is 0 Å². The highest BCUT2D eigenvalue weighted by atomic mass is 32.1. The first kappa shape index (κ1) is 17.8. The fourth-order valence-corrected chi connectivity index (χ4v) is 2.57. The molecule has 0 fully saturated rings. The Hall–Kier alpha value is -2.55. The summed E-state index contributed by atoms with van der Waals surface area (Å²) in [4.78, 5) is 34.9. The Morgan fingerprint density at radius 3 is 2.62 bits per heavy atom.